The van der Waals surface area contributed by atoms with E-state index in [2.05, 4.69) is 43.2 Å². The lowest BCUT2D eigenvalue weighted by molar-refractivity contribution is -0.192. The maximum absolute atomic E-state index is 13.2. The van der Waals surface area contributed by atoms with Crippen LogP contribution >= 0.6 is 11.6 Å². The molecule has 2 aliphatic heterocycles. The summed E-state index contributed by atoms with van der Waals surface area (Å²) in [5.41, 5.74) is 4.62. The highest BCUT2D eigenvalue weighted by Crippen LogP contribution is 2.23. The monoisotopic (exact) mass is 652 g/mol. The second kappa shape index (κ2) is 16.7. The number of hydrogen-bond acceptors (Lipinski definition) is 9. The van der Waals surface area contributed by atoms with E-state index >= 15 is 0 Å². The molecule has 0 radical (unpaired) electrons. The van der Waals surface area contributed by atoms with Crippen LogP contribution in [0.1, 0.15) is 48.4 Å². The summed E-state index contributed by atoms with van der Waals surface area (Å²) in [6, 6.07) is 9.70. The van der Waals surface area contributed by atoms with E-state index in [1.165, 1.54) is 38.7 Å². The number of nitriles is 1. The third-order valence-electron chi connectivity index (χ3n) is 7.52. The molecule has 0 saturated carbocycles. The Morgan fingerprint density at radius 2 is 1.78 bits per heavy atom. The minimum Gasteiger partial charge on any atom is -0.475 e. The molecule has 4 rings (SSSR count). The van der Waals surface area contributed by atoms with Gasteiger partial charge >= 0.3 is 12.1 Å². The Labute approximate surface area is 266 Å². The molecule has 0 bridgehead atoms. The molecule has 1 aromatic heterocycles. The van der Waals surface area contributed by atoms with Crippen molar-refractivity contribution in [3.63, 3.8) is 0 Å². The number of carbonyl (C=O) groups excluding carboxylic acids is 1. The second-order valence-corrected chi connectivity index (χ2v) is 12.2. The first kappa shape index (κ1) is 36.0. The van der Waals surface area contributed by atoms with Crippen LogP contribution in [0.4, 0.5) is 19.0 Å². The topological polar surface area (TPSA) is 129 Å². The summed E-state index contributed by atoms with van der Waals surface area (Å²) in [6.45, 7) is 13.3. The largest absolute Gasteiger partial charge is 0.490 e. The van der Waals surface area contributed by atoms with E-state index in [9.17, 15) is 23.2 Å². The van der Waals surface area contributed by atoms with Gasteiger partial charge in [-0.15, -0.1) is 0 Å². The highest BCUT2D eigenvalue weighted by atomic mass is 35.5. The summed E-state index contributed by atoms with van der Waals surface area (Å²) >= 11 is 6.33. The van der Waals surface area contributed by atoms with Crippen LogP contribution in [0.3, 0.4) is 0 Å². The number of aliphatic carboxylic acids is 1. The molecule has 0 aliphatic carbocycles. The number of anilines is 1. The van der Waals surface area contributed by atoms with Gasteiger partial charge in [0.25, 0.3) is 5.91 Å². The van der Waals surface area contributed by atoms with Crippen LogP contribution in [0.25, 0.3) is 0 Å². The molecule has 2 aromatic rings. The molecule has 1 amide bonds. The van der Waals surface area contributed by atoms with Gasteiger partial charge in [-0.25, -0.2) is 9.78 Å². The highest BCUT2D eigenvalue weighted by molar-refractivity contribution is 6.32. The molecule has 0 spiro atoms. The van der Waals surface area contributed by atoms with E-state index in [0.717, 1.165) is 44.2 Å². The smallest absolute Gasteiger partial charge is 0.475 e. The average Bonchev–Trinajstić information content (AvgIpc) is 2.99. The Kier molecular flexibility index (Phi) is 13.3. The van der Waals surface area contributed by atoms with Crippen molar-refractivity contribution >= 4 is 29.3 Å². The molecule has 2 aliphatic rings. The Bertz CT molecular complexity index is 1320. The zero-order chi connectivity index (χ0) is 33.1. The van der Waals surface area contributed by atoms with Crippen molar-refractivity contribution in [3.8, 4) is 6.07 Å². The Hall–Kier alpha value is -3.51. The van der Waals surface area contributed by atoms with E-state index in [1.807, 2.05) is 38.1 Å². The molecule has 0 atom stereocenters. The standard InChI is InChI=1S/C28H39ClN8O.C2HF3O2/c1-21(2)18-37(27-25(29)17-31-26(16-30)32-27)33-28(38)24-6-4-5-23(15-24)20-36-13-11-35(12-14-36)19-22-7-9-34(3)10-8-22;3-2(4,5)1(6)7/h4-6,15,17,21-22H,7-14,18-20H2,1-3H3,(H,33,38);(H,6,7). The first-order valence-corrected chi connectivity index (χ1v) is 15.2. The van der Waals surface area contributed by atoms with Gasteiger partial charge in [0, 0.05) is 51.4 Å². The van der Waals surface area contributed by atoms with Gasteiger partial charge < -0.3 is 14.9 Å². The van der Waals surface area contributed by atoms with Crippen molar-refractivity contribution in [1.82, 2.24) is 30.1 Å². The van der Waals surface area contributed by atoms with Gasteiger partial charge in [-0.3, -0.25) is 20.1 Å². The minimum atomic E-state index is -5.08. The summed E-state index contributed by atoms with van der Waals surface area (Å²) in [6.07, 6.45) is -1.08. The lowest BCUT2D eigenvalue weighted by atomic mass is 9.96. The third kappa shape index (κ3) is 11.7. The van der Waals surface area contributed by atoms with E-state index in [4.69, 9.17) is 21.5 Å². The van der Waals surface area contributed by atoms with Crippen molar-refractivity contribution in [1.29, 1.82) is 5.26 Å². The lowest BCUT2D eigenvalue weighted by Gasteiger charge is -2.38. The van der Waals surface area contributed by atoms with Crippen LogP contribution in [0.2, 0.25) is 5.02 Å². The van der Waals surface area contributed by atoms with Gasteiger partial charge in [0.2, 0.25) is 5.82 Å². The van der Waals surface area contributed by atoms with Gasteiger partial charge in [0.15, 0.2) is 5.82 Å². The zero-order valence-corrected chi connectivity index (χ0v) is 26.5. The molecule has 15 heteroatoms. The van der Waals surface area contributed by atoms with Gasteiger partial charge in [0.1, 0.15) is 11.1 Å². The van der Waals surface area contributed by atoms with E-state index in [1.54, 1.807) is 5.01 Å². The molecule has 3 heterocycles. The third-order valence-corrected chi connectivity index (χ3v) is 7.79. The van der Waals surface area contributed by atoms with Crippen LogP contribution in [0, 0.1) is 23.2 Å². The number of piperazine rings is 1. The number of benzene rings is 1. The molecule has 45 heavy (non-hydrogen) atoms. The predicted molar refractivity (Wildman–Crippen MR) is 163 cm³/mol. The predicted octanol–water partition coefficient (Wildman–Crippen LogP) is 3.90. The van der Waals surface area contributed by atoms with E-state index in [0.29, 0.717) is 17.9 Å². The molecule has 2 N–H and O–H groups in total. The fourth-order valence-corrected chi connectivity index (χ4v) is 5.34. The Morgan fingerprint density at radius 3 is 2.36 bits per heavy atom. The number of alkyl halides is 3. The maximum atomic E-state index is 13.2. The van der Waals surface area contributed by atoms with Crippen LogP contribution in [-0.4, -0.2) is 107 Å². The summed E-state index contributed by atoms with van der Waals surface area (Å²) in [7, 11) is 2.22. The maximum Gasteiger partial charge on any atom is 0.490 e. The minimum absolute atomic E-state index is 0.000782. The van der Waals surface area contributed by atoms with Crippen LogP contribution in [-0.2, 0) is 11.3 Å². The molecular weight excluding hydrogens is 613 g/mol. The Balaban J connectivity index is 0.000000707. The van der Waals surface area contributed by atoms with Crippen LogP contribution < -0.4 is 10.4 Å². The SMILES string of the molecule is CC(C)CN(NC(=O)c1cccc(CN2CCN(CC3CCN(C)CC3)CC2)c1)c1nc(C#N)ncc1Cl.O=C(O)C(F)(F)F. The van der Waals surface area contributed by atoms with E-state index < -0.39 is 12.1 Å². The number of amides is 1. The fourth-order valence-electron chi connectivity index (χ4n) is 5.15. The van der Waals surface area contributed by atoms with Gasteiger partial charge in [-0.2, -0.15) is 23.4 Å². The molecule has 246 valence electrons. The second-order valence-electron chi connectivity index (χ2n) is 11.7. The first-order valence-electron chi connectivity index (χ1n) is 14.8. The van der Waals surface area contributed by atoms with Crippen molar-refractivity contribution in [2.24, 2.45) is 11.8 Å². The molecule has 2 fully saturated rings. The zero-order valence-electron chi connectivity index (χ0n) is 25.7. The molecule has 1 aromatic carbocycles. The van der Waals surface area contributed by atoms with Gasteiger partial charge in [-0.1, -0.05) is 37.6 Å². The normalized spacial score (nSPS) is 16.9. The Morgan fingerprint density at radius 1 is 1.16 bits per heavy atom. The number of hydrogen-bond donors (Lipinski definition) is 2. The molecular formula is C30H40ClF3N8O3. The number of aromatic nitrogens is 2. The number of piperidine rings is 1. The number of carbonyl (C=O) groups is 2. The van der Waals surface area contributed by atoms with Crippen LogP contribution in [0.15, 0.2) is 30.5 Å². The number of nitrogens with zero attached hydrogens (tertiary/aromatic N) is 7. The van der Waals surface area contributed by atoms with Gasteiger partial charge in [-0.05, 0) is 62.5 Å². The quantitative estimate of drug-likeness (QED) is 0.385. The van der Waals surface area contributed by atoms with Crippen LogP contribution in [0.5, 0.6) is 0 Å². The van der Waals surface area contributed by atoms with Crippen molar-refractivity contribution in [3.05, 3.63) is 52.4 Å². The molecule has 11 nitrogen and oxygen atoms in total. The molecule has 2 saturated heterocycles. The fraction of sp³-hybridized carbons (Fsp3) is 0.567. The number of likely N-dealkylation sites (tertiary alicyclic amines) is 1. The van der Waals surface area contributed by atoms with Crippen molar-refractivity contribution in [2.75, 3.05) is 64.4 Å². The van der Waals surface area contributed by atoms with E-state index in [-0.39, 0.29) is 22.7 Å². The number of carboxylic acids is 1. The number of hydrazine groups is 1. The molecule has 0 unspecified atom stereocenters. The summed E-state index contributed by atoms with van der Waals surface area (Å²) < 4.78 is 31.7. The number of carboxylic acid groups (broad SMARTS) is 1. The lowest BCUT2D eigenvalue weighted by Crippen LogP contribution is -2.48. The summed E-state index contributed by atoms with van der Waals surface area (Å²) in [4.78, 5) is 37.8. The average molecular weight is 653 g/mol. The van der Waals surface area contributed by atoms with Crippen molar-refractivity contribution < 1.29 is 27.9 Å². The summed E-state index contributed by atoms with van der Waals surface area (Å²) in [5.74, 6) is -1.64. The summed E-state index contributed by atoms with van der Waals surface area (Å²) in [5, 5.41) is 18.2. The number of rotatable bonds is 9. The highest BCUT2D eigenvalue weighted by Gasteiger charge is 2.38. The number of halogens is 4. The van der Waals surface area contributed by atoms with Crippen molar-refractivity contribution in [2.45, 2.75) is 39.4 Å². The number of nitrogens with one attached hydrogen (secondary N) is 1. The first-order chi connectivity index (χ1) is 21.2. The van der Waals surface area contributed by atoms with Gasteiger partial charge in [0.05, 0.1) is 6.20 Å².